The number of benzene rings is 3. The number of hydrogen-bond donors (Lipinski definition) is 0. The SMILES string of the molecule is Cc1cc(C)n2cc(C[P+](c3ccccc3)(c3ccccc3)c3ccccc3)nc2n1.[Cl-]. The highest BCUT2D eigenvalue weighted by Crippen LogP contribution is 2.57. The molecule has 0 saturated heterocycles. The van der Waals surface area contributed by atoms with E-state index in [2.05, 4.69) is 120 Å². The van der Waals surface area contributed by atoms with Crippen molar-refractivity contribution in [3.05, 3.63) is 120 Å². The van der Waals surface area contributed by atoms with E-state index >= 15 is 0 Å². The summed E-state index contributed by atoms with van der Waals surface area (Å²) >= 11 is 0. The van der Waals surface area contributed by atoms with E-state index in [4.69, 9.17) is 4.98 Å². The fourth-order valence-corrected chi connectivity index (χ4v) is 8.53. The third kappa shape index (κ3) is 3.95. The van der Waals surface area contributed by atoms with E-state index in [0.717, 1.165) is 29.0 Å². The molecule has 3 nitrogen and oxygen atoms in total. The molecule has 0 unspecified atom stereocenters. The third-order valence-electron chi connectivity index (χ3n) is 5.80. The van der Waals surface area contributed by atoms with Gasteiger partial charge in [-0.15, -0.1) is 0 Å². The van der Waals surface area contributed by atoms with Gasteiger partial charge in [-0.3, -0.25) is 4.40 Å². The largest absolute Gasteiger partial charge is 1.00 e. The summed E-state index contributed by atoms with van der Waals surface area (Å²) in [4.78, 5) is 9.64. The van der Waals surface area contributed by atoms with Crippen molar-refractivity contribution in [1.82, 2.24) is 14.4 Å². The second kappa shape index (κ2) is 9.24. The summed E-state index contributed by atoms with van der Waals surface area (Å²) in [6, 6.07) is 34.9. The lowest BCUT2D eigenvalue weighted by Crippen LogP contribution is -3.00. The predicted octanol–water partition coefficient (Wildman–Crippen LogP) is 1.84. The van der Waals surface area contributed by atoms with Gasteiger partial charge in [0.1, 0.15) is 29.3 Å². The Balaban J connectivity index is 0.00000245. The second-order valence-electron chi connectivity index (χ2n) is 7.92. The van der Waals surface area contributed by atoms with Gasteiger partial charge in [-0.1, -0.05) is 54.6 Å². The van der Waals surface area contributed by atoms with Crippen molar-refractivity contribution in [3.63, 3.8) is 0 Å². The lowest BCUT2D eigenvalue weighted by atomic mass is 10.3. The number of fused-ring (bicyclic) bond motifs is 1. The van der Waals surface area contributed by atoms with Crippen LogP contribution in [0.3, 0.4) is 0 Å². The Kier molecular flexibility index (Phi) is 6.41. The fourth-order valence-electron chi connectivity index (χ4n) is 4.41. The summed E-state index contributed by atoms with van der Waals surface area (Å²) in [5.41, 5.74) is 3.23. The molecule has 32 heavy (non-hydrogen) atoms. The van der Waals surface area contributed by atoms with Crippen LogP contribution in [0.5, 0.6) is 0 Å². The summed E-state index contributed by atoms with van der Waals surface area (Å²) < 4.78 is 2.11. The molecule has 5 heteroatoms. The van der Waals surface area contributed by atoms with E-state index in [-0.39, 0.29) is 12.4 Å². The van der Waals surface area contributed by atoms with Crippen LogP contribution in [-0.4, -0.2) is 14.4 Å². The molecule has 0 N–H and O–H groups in total. The topological polar surface area (TPSA) is 30.2 Å². The molecule has 0 radical (unpaired) electrons. The van der Waals surface area contributed by atoms with E-state index in [9.17, 15) is 0 Å². The summed E-state index contributed by atoms with van der Waals surface area (Å²) in [6.07, 6.45) is 3.02. The first-order chi connectivity index (χ1) is 15.2. The maximum Gasteiger partial charge on any atom is 0.234 e. The summed E-state index contributed by atoms with van der Waals surface area (Å²) in [7, 11) is -1.96. The monoisotopic (exact) mass is 457 g/mol. The molecule has 0 amide bonds. The van der Waals surface area contributed by atoms with E-state index < -0.39 is 7.26 Å². The van der Waals surface area contributed by atoms with Gasteiger partial charge in [-0.05, 0) is 56.3 Å². The van der Waals surface area contributed by atoms with Gasteiger partial charge in [-0.25, -0.2) is 9.97 Å². The Morgan fingerprint density at radius 1 is 0.688 bits per heavy atom. The van der Waals surface area contributed by atoms with E-state index in [1.54, 1.807) is 0 Å². The van der Waals surface area contributed by atoms with Crippen molar-refractivity contribution in [1.29, 1.82) is 0 Å². The van der Waals surface area contributed by atoms with Crippen LogP contribution in [0.4, 0.5) is 0 Å². The zero-order valence-electron chi connectivity index (χ0n) is 18.2. The van der Waals surface area contributed by atoms with Crippen LogP contribution in [0.1, 0.15) is 17.1 Å². The predicted molar refractivity (Wildman–Crippen MR) is 131 cm³/mol. The normalized spacial score (nSPS) is 11.3. The minimum atomic E-state index is -1.96. The average molecular weight is 458 g/mol. The zero-order valence-corrected chi connectivity index (χ0v) is 19.8. The van der Waals surface area contributed by atoms with Gasteiger partial charge in [0, 0.05) is 17.6 Å². The Labute approximate surface area is 195 Å². The Bertz CT molecular complexity index is 1220. The van der Waals surface area contributed by atoms with Crippen LogP contribution in [0.15, 0.2) is 103 Å². The Hall–Kier alpha value is -3.00. The first kappa shape index (κ1) is 22.2. The molecule has 3 aromatic carbocycles. The van der Waals surface area contributed by atoms with Gasteiger partial charge in [0.05, 0.1) is 5.69 Å². The Morgan fingerprint density at radius 2 is 1.16 bits per heavy atom. The maximum absolute atomic E-state index is 4.98. The lowest BCUT2D eigenvalue weighted by Gasteiger charge is -2.27. The van der Waals surface area contributed by atoms with Crippen LogP contribution < -0.4 is 28.3 Å². The van der Waals surface area contributed by atoms with Gasteiger partial charge in [0.2, 0.25) is 5.78 Å². The number of aryl methyl sites for hydroxylation is 2. The van der Waals surface area contributed by atoms with E-state index in [1.165, 1.54) is 15.9 Å². The molecule has 0 atom stereocenters. The maximum atomic E-state index is 4.98. The molecule has 0 aliphatic carbocycles. The first-order valence-corrected chi connectivity index (χ1v) is 12.5. The van der Waals surface area contributed by atoms with Crippen LogP contribution in [0, 0.1) is 13.8 Å². The number of imidazole rings is 1. The van der Waals surface area contributed by atoms with Crippen molar-refractivity contribution in [2.24, 2.45) is 0 Å². The molecular formula is C27H25ClN3P. The van der Waals surface area contributed by atoms with E-state index in [0.29, 0.717) is 0 Å². The zero-order chi connectivity index (χ0) is 21.3. The lowest BCUT2D eigenvalue weighted by molar-refractivity contribution is -0.00000652. The van der Waals surface area contributed by atoms with Crippen molar-refractivity contribution < 1.29 is 12.4 Å². The molecular weight excluding hydrogens is 433 g/mol. The standard InChI is InChI=1S/C27H25N3P.ClH/c1-21-18-22(2)30-19-23(29-27(30)28-21)20-31(24-12-6-3-7-13-24,25-14-8-4-9-15-25)26-16-10-5-11-17-26;/h3-19H,20H2,1-2H3;1H/q+1;/p-1. The molecule has 0 aliphatic heterocycles. The number of rotatable bonds is 5. The van der Waals surface area contributed by atoms with Crippen molar-refractivity contribution >= 4 is 29.0 Å². The highest BCUT2D eigenvalue weighted by atomic mass is 35.5. The van der Waals surface area contributed by atoms with Crippen molar-refractivity contribution in [3.8, 4) is 0 Å². The summed E-state index contributed by atoms with van der Waals surface area (Å²) in [6.45, 7) is 4.14. The first-order valence-electron chi connectivity index (χ1n) is 10.5. The molecule has 2 aromatic heterocycles. The highest BCUT2D eigenvalue weighted by Gasteiger charge is 2.46. The minimum Gasteiger partial charge on any atom is -1.00 e. The minimum absolute atomic E-state index is 0. The van der Waals surface area contributed by atoms with Crippen LogP contribution >= 0.6 is 7.26 Å². The molecule has 5 rings (SSSR count). The number of halogens is 1. The van der Waals surface area contributed by atoms with Gasteiger partial charge < -0.3 is 12.4 Å². The molecule has 160 valence electrons. The number of hydrogen-bond acceptors (Lipinski definition) is 2. The molecule has 0 spiro atoms. The van der Waals surface area contributed by atoms with Crippen LogP contribution in [0.2, 0.25) is 0 Å². The third-order valence-corrected chi connectivity index (χ3v) is 10.1. The molecule has 0 bridgehead atoms. The van der Waals surface area contributed by atoms with Crippen molar-refractivity contribution in [2.45, 2.75) is 20.0 Å². The summed E-state index contributed by atoms with van der Waals surface area (Å²) in [5.74, 6) is 0.778. The average Bonchev–Trinajstić information content (AvgIpc) is 3.22. The van der Waals surface area contributed by atoms with Crippen LogP contribution in [-0.2, 0) is 6.16 Å². The summed E-state index contributed by atoms with van der Waals surface area (Å²) in [5, 5.41) is 4.10. The quantitative estimate of drug-likeness (QED) is 0.377. The molecule has 2 heterocycles. The van der Waals surface area contributed by atoms with Gasteiger partial charge in [-0.2, -0.15) is 0 Å². The fraction of sp³-hybridized carbons (Fsp3) is 0.111. The van der Waals surface area contributed by atoms with Crippen molar-refractivity contribution in [2.75, 3.05) is 0 Å². The number of aromatic nitrogens is 3. The van der Waals surface area contributed by atoms with Gasteiger partial charge >= 0.3 is 0 Å². The van der Waals surface area contributed by atoms with Gasteiger partial charge in [0.15, 0.2) is 0 Å². The second-order valence-corrected chi connectivity index (χ2v) is 11.4. The molecule has 0 saturated carbocycles. The smallest absolute Gasteiger partial charge is 0.234 e. The van der Waals surface area contributed by atoms with Crippen LogP contribution in [0.25, 0.3) is 5.78 Å². The molecule has 5 aromatic rings. The number of nitrogens with zero attached hydrogens (tertiary/aromatic N) is 3. The Morgan fingerprint density at radius 3 is 1.62 bits per heavy atom. The highest BCUT2D eigenvalue weighted by molar-refractivity contribution is 7.95. The molecule has 0 fully saturated rings. The van der Waals surface area contributed by atoms with Gasteiger partial charge in [0.25, 0.3) is 0 Å². The van der Waals surface area contributed by atoms with E-state index in [1.807, 2.05) is 6.92 Å². The molecule has 0 aliphatic rings.